The van der Waals surface area contributed by atoms with Crippen LogP contribution in [0, 0.1) is 5.92 Å². The van der Waals surface area contributed by atoms with Gasteiger partial charge in [-0.25, -0.2) is 0 Å². The lowest BCUT2D eigenvalue weighted by Gasteiger charge is -2.19. The Morgan fingerprint density at radius 3 is 2.79 bits per heavy atom. The SMILES string of the molecule is COc1cc(C(CCC2CCCC2)NN)ccc1Cl. The molecule has 0 bridgehead atoms. The maximum atomic E-state index is 6.05. The van der Waals surface area contributed by atoms with E-state index in [-0.39, 0.29) is 6.04 Å². The van der Waals surface area contributed by atoms with Crippen LogP contribution >= 0.6 is 11.6 Å². The van der Waals surface area contributed by atoms with Gasteiger partial charge in [0.25, 0.3) is 0 Å². The second-order valence-electron chi connectivity index (χ2n) is 5.34. The van der Waals surface area contributed by atoms with Crippen molar-refractivity contribution < 1.29 is 4.74 Å². The van der Waals surface area contributed by atoms with Gasteiger partial charge in [0.05, 0.1) is 12.1 Å². The maximum absolute atomic E-state index is 6.05. The third-order valence-corrected chi connectivity index (χ3v) is 4.43. The summed E-state index contributed by atoms with van der Waals surface area (Å²) in [6.45, 7) is 0. The third-order valence-electron chi connectivity index (χ3n) is 4.12. The molecule has 2 rings (SSSR count). The molecule has 0 spiro atoms. The van der Waals surface area contributed by atoms with Gasteiger partial charge in [-0.05, 0) is 36.5 Å². The van der Waals surface area contributed by atoms with Crippen LogP contribution in [-0.2, 0) is 0 Å². The van der Waals surface area contributed by atoms with Crippen LogP contribution in [0.25, 0.3) is 0 Å². The molecule has 1 aliphatic rings. The first kappa shape index (κ1) is 14.6. The van der Waals surface area contributed by atoms with Crippen molar-refractivity contribution in [3.05, 3.63) is 28.8 Å². The summed E-state index contributed by atoms with van der Waals surface area (Å²) in [4.78, 5) is 0. The van der Waals surface area contributed by atoms with Gasteiger partial charge in [-0.2, -0.15) is 0 Å². The van der Waals surface area contributed by atoms with E-state index < -0.39 is 0 Å². The number of methoxy groups -OCH3 is 1. The predicted octanol–water partition coefficient (Wildman–Crippen LogP) is 3.82. The highest BCUT2D eigenvalue weighted by atomic mass is 35.5. The Balaban J connectivity index is 1.99. The molecule has 3 N–H and O–H groups in total. The third kappa shape index (κ3) is 3.85. The van der Waals surface area contributed by atoms with E-state index in [9.17, 15) is 0 Å². The summed E-state index contributed by atoms with van der Waals surface area (Å²) in [6.07, 6.45) is 7.83. The Morgan fingerprint density at radius 1 is 1.42 bits per heavy atom. The standard InChI is InChI=1S/C15H23ClN2O/c1-19-15-10-12(7-8-13(15)16)14(18-17)9-6-11-4-2-3-5-11/h7-8,10-11,14,18H,2-6,9,17H2,1H3. The average molecular weight is 283 g/mol. The van der Waals surface area contributed by atoms with Crippen molar-refractivity contribution in [3.63, 3.8) is 0 Å². The van der Waals surface area contributed by atoms with Crippen LogP contribution in [0.15, 0.2) is 18.2 Å². The summed E-state index contributed by atoms with van der Waals surface area (Å²) in [6, 6.07) is 6.04. The highest BCUT2D eigenvalue weighted by Crippen LogP contribution is 2.33. The van der Waals surface area contributed by atoms with Crippen LogP contribution in [0.1, 0.15) is 50.1 Å². The van der Waals surface area contributed by atoms with Gasteiger partial charge in [0.2, 0.25) is 0 Å². The molecular formula is C15H23ClN2O. The minimum absolute atomic E-state index is 0.173. The molecule has 4 heteroatoms. The minimum atomic E-state index is 0.173. The van der Waals surface area contributed by atoms with E-state index in [1.807, 2.05) is 18.2 Å². The van der Waals surface area contributed by atoms with Gasteiger partial charge in [-0.1, -0.05) is 43.4 Å². The molecule has 0 amide bonds. The van der Waals surface area contributed by atoms with E-state index in [2.05, 4.69) is 5.43 Å². The molecule has 1 fully saturated rings. The lowest BCUT2D eigenvalue weighted by molar-refractivity contribution is 0.404. The molecule has 0 radical (unpaired) electrons. The monoisotopic (exact) mass is 282 g/mol. The van der Waals surface area contributed by atoms with Crippen LogP contribution in [0.4, 0.5) is 0 Å². The zero-order valence-corrected chi connectivity index (χ0v) is 12.2. The number of nitrogens with two attached hydrogens (primary N) is 1. The van der Waals surface area contributed by atoms with Crippen LogP contribution in [0.5, 0.6) is 5.75 Å². The van der Waals surface area contributed by atoms with Crippen molar-refractivity contribution in [2.45, 2.75) is 44.6 Å². The highest BCUT2D eigenvalue weighted by Gasteiger charge is 2.18. The van der Waals surface area contributed by atoms with Gasteiger partial charge in [0.15, 0.2) is 0 Å². The van der Waals surface area contributed by atoms with Crippen molar-refractivity contribution in [3.8, 4) is 5.75 Å². The zero-order chi connectivity index (χ0) is 13.7. The molecule has 19 heavy (non-hydrogen) atoms. The second-order valence-corrected chi connectivity index (χ2v) is 5.75. The fourth-order valence-electron chi connectivity index (χ4n) is 2.94. The summed E-state index contributed by atoms with van der Waals surface area (Å²) in [5.74, 6) is 7.28. The molecule has 0 saturated heterocycles. The molecule has 0 heterocycles. The molecule has 1 aromatic rings. The van der Waals surface area contributed by atoms with Gasteiger partial charge >= 0.3 is 0 Å². The summed E-state index contributed by atoms with van der Waals surface area (Å²) >= 11 is 6.05. The second kappa shape index (κ2) is 7.13. The van der Waals surface area contributed by atoms with E-state index in [1.54, 1.807) is 7.11 Å². The van der Waals surface area contributed by atoms with Crippen LogP contribution in [0.2, 0.25) is 5.02 Å². The Labute approximate surface area is 120 Å². The molecule has 0 aliphatic heterocycles. The lowest BCUT2D eigenvalue weighted by Crippen LogP contribution is -2.28. The maximum Gasteiger partial charge on any atom is 0.137 e. The normalized spacial score (nSPS) is 17.6. The summed E-state index contributed by atoms with van der Waals surface area (Å²) in [5.41, 5.74) is 4.05. The molecule has 3 nitrogen and oxygen atoms in total. The predicted molar refractivity (Wildman–Crippen MR) is 79.3 cm³/mol. The van der Waals surface area contributed by atoms with Crippen molar-refractivity contribution >= 4 is 11.6 Å². The molecule has 1 saturated carbocycles. The smallest absolute Gasteiger partial charge is 0.137 e. The van der Waals surface area contributed by atoms with Crippen LogP contribution < -0.4 is 16.0 Å². The molecule has 106 valence electrons. The van der Waals surface area contributed by atoms with E-state index in [0.29, 0.717) is 10.8 Å². The largest absolute Gasteiger partial charge is 0.495 e. The number of ether oxygens (including phenoxy) is 1. The number of halogens is 1. The zero-order valence-electron chi connectivity index (χ0n) is 11.5. The van der Waals surface area contributed by atoms with E-state index >= 15 is 0 Å². The Bertz CT molecular complexity index is 405. The fourth-order valence-corrected chi connectivity index (χ4v) is 3.14. The van der Waals surface area contributed by atoms with Crippen molar-refractivity contribution in [2.24, 2.45) is 11.8 Å². The van der Waals surface area contributed by atoms with Crippen LogP contribution in [-0.4, -0.2) is 7.11 Å². The van der Waals surface area contributed by atoms with Gasteiger partial charge in [-0.3, -0.25) is 11.3 Å². The fraction of sp³-hybridized carbons (Fsp3) is 0.600. The first-order valence-electron chi connectivity index (χ1n) is 7.04. The van der Waals surface area contributed by atoms with Crippen molar-refractivity contribution in [1.29, 1.82) is 0 Å². The molecule has 1 unspecified atom stereocenters. The number of nitrogens with one attached hydrogen (secondary N) is 1. The highest BCUT2D eigenvalue weighted by molar-refractivity contribution is 6.32. The van der Waals surface area contributed by atoms with Gasteiger partial charge in [0, 0.05) is 6.04 Å². The van der Waals surface area contributed by atoms with Crippen molar-refractivity contribution in [1.82, 2.24) is 5.43 Å². The molecule has 1 atom stereocenters. The van der Waals surface area contributed by atoms with E-state index in [1.165, 1.54) is 32.1 Å². The number of hydrogen-bond acceptors (Lipinski definition) is 3. The minimum Gasteiger partial charge on any atom is -0.495 e. The Kier molecular flexibility index (Phi) is 5.49. The first-order chi connectivity index (χ1) is 9.24. The summed E-state index contributed by atoms with van der Waals surface area (Å²) in [5, 5.41) is 0.637. The van der Waals surface area contributed by atoms with Crippen LogP contribution in [0.3, 0.4) is 0 Å². The number of rotatable bonds is 6. The number of benzene rings is 1. The number of hydrazine groups is 1. The first-order valence-corrected chi connectivity index (χ1v) is 7.42. The quantitative estimate of drug-likeness (QED) is 0.616. The summed E-state index contributed by atoms with van der Waals surface area (Å²) < 4.78 is 5.26. The van der Waals surface area contributed by atoms with Crippen molar-refractivity contribution in [2.75, 3.05) is 7.11 Å². The van der Waals surface area contributed by atoms with E-state index in [4.69, 9.17) is 22.2 Å². The molecule has 1 aromatic carbocycles. The molecule has 1 aliphatic carbocycles. The molecular weight excluding hydrogens is 260 g/mol. The van der Waals surface area contributed by atoms with Gasteiger partial charge < -0.3 is 4.74 Å². The van der Waals surface area contributed by atoms with Gasteiger partial charge in [-0.15, -0.1) is 0 Å². The Hall–Kier alpha value is -0.770. The Morgan fingerprint density at radius 2 is 2.16 bits per heavy atom. The topological polar surface area (TPSA) is 47.3 Å². The molecule has 0 aromatic heterocycles. The average Bonchev–Trinajstić information content (AvgIpc) is 2.94. The van der Waals surface area contributed by atoms with E-state index in [0.717, 1.165) is 17.9 Å². The van der Waals surface area contributed by atoms with Gasteiger partial charge in [0.1, 0.15) is 5.75 Å². The summed E-state index contributed by atoms with van der Waals surface area (Å²) in [7, 11) is 1.63. The lowest BCUT2D eigenvalue weighted by atomic mass is 9.95. The number of hydrogen-bond donors (Lipinski definition) is 2.